The van der Waals surface area contributed by atoms with Crippen LogP contribution < -0.4 is 5.32 Å². The molecule has 0 aromatic carbocycles. The third-order valence-electron chi connectivity index (χ3n) is 3.22. The summed E-state index contributed by atoms with van der Waals surface area (Å²) in [5.74, 6) is -0.182. The molecular formula is C10H17N3O2. The molecule has 5 heteroatoms. The number of carbonyl (C=O) groups is 2. The van der Waals surface area contributed by atoms with Gasteiger partial charge in [0.15, 0.2) is 0 Å². The van der Waals surface area contributed by atoms with Crippen LogP contribution in [0.25, 0.3) is 0 Å². The number of rotatable bonds is 2. The van der Waals surface area contributed by atoms with E-state index in [-0.39, 0.29) is 18.5 Å². The molecule has 0 aliphatic carbocycles. The number of amides is 3. The summed E-state index contributed by atoms with van der Waals surface area (Å²) < 4.78 is 0. The lowest BCUT2D eigenvalue weighted by Crippen LogP contribution is -2.45. The first-order valence-corrected chi connectivity index (χ1v) is 5.46. The highest BCUT2D eigenvalue weighted by Crippen LogP contribution is 2.16. The molecule has 0 aromatic heterocycles. The fraction of sp³-hybridized carbons (Fsp3) is 0.800. The van der Waals surface area contributed by atoms with Crippen molar-refractivity contribution >= 4 is 11.9 Å². The second-order valence-corrected chi connectivity index (χ2v) is 4.36. The first kappa shape index (κ1) is 10.4. The molecule has 3 amide bonds. The molecule has 0 radical (unpaired) electrons. The summed E-state index contributed by atoms with van der Waals surface area (Å²) in [4.78, 5) is 26.2. The Bertz CT molecular complexity index is 280. The lowest BCUT2D eigenvalue weighted by molar-refractivity contribution is -0.118. The number of imide groups is 1. The number of carbonyl (C=O) groups excluding carboxylic acids is 2. The number of hydrogen-bond donors (Lipinski definition) is 1. The molecule has 1 unspecified atom stereocenters. The minimum absolute atomic E-state index is 0.182. The lowest BCUT2D eigenvalue weighted by atomic mass is 10.0. The molecule has 84 valence electrons. The highest BCUT2D eigenvalue weighted by atomic mass is 16.2. The fourth-order valence-corrected chi connectivity index (χ4v) is 2.26. The van der Waals surface area contributed by atoms with Gasteiger partial charge in [-0.3, -0.25) is 10.1 Å². The molecular weight excluding hydrogens is 194 g/mol. The van der Waals surface area contributed by atoms with Crippen molar-refractivity contribution in [2.24, 2.45) is 0 Å². The molecule has 1 atom stereocenters. The Hall–Kier alpha value is -1.10. The number of hydrogen-bond acceptors (Lipinski definition) is 3. The summed E-state index contributed by atoms with van der Waals surface area (Å²) in [6.45, 7) is 1.99. The van der Waals surface area contributed by atoms with Crippen molar-refractivity contribution in [1.82, 2.24) is 15.1 Å². The zero-order chi connectivity index (χ0) is 10.8. The third-order valence-corrected chi connectivity index (χ3v) is 3.22. The summed E-state index contributed by atoms with van der Waals surface area (Å²) in [5.41, 5.74) is 0. The van der Waals surface area contributed by atoms with Gasteiger partial charge in [-0.2, -0.15) is 0 Å². The van der Waals surface area contributed by atoms with E-state index in [4.69, 9.17) is 0 Å². The number of urea groups is 1. The molecule has 2 aliphatic rings. The van der Waals surface area contributed by atoms with Gasteiger partial charge in [0.25, 0.3) is 0 Å². The van der Waals surface area contributed by atoms with Crippen LogP contribution in [0.5, 0.6) is 0 Å². The maximum atomic E-state index is 11.3. The Kier molecular flexibility index (Phi) is 2.90. The lowest BCUT2D eigenvalue weighted by Gasteiger charge is -2.34. The Balaban J connectivity index is 1.90. The maximum Gasteiger partial charge on any atom is 0.324 e. The van der Waals surface area contributed by atoms with E-state index in [2.05, 4.69) is 17.3 Å². The molecule has 15 heavy (non-hydrogen) atoms. The van der Waals surface area contributed by atoms with Crippen molar-refractivity contribution in [3.8, 4) is 0 Å². The van der Waals surface area contributed by atoms with E-state index in [1.807, 2.05) is 0 Å². The van der Waals surface area contributed by atoms with Crippen molar-refractivity contribution in [2.75, 3.05) is 26.7 Å². The summed E-state index contributed by atoms with van der Waals surface area (Å²) >= 11 is 0. The van der Waals surface area contributed by atoms with E-state index >= 15 is 0 Å². The smallest absolute Gasteiger partial charge is 0.314 e. The van der Waals surface area contributed by atoms with Gasteiger partial charge in [0, 0.05) is 12.6 Å². The normalized spacial score (nSPS) is 28.3. The Labute approximate surface area is 89.4 Å². The van der Waals surface area contributed by atoms with Crippen LogP contribution in [0.2, 0.25) is 0 Å². The second kappa shape index (κ2) is 4.18. The molecule has 2 heterocycles. The highest BCUT2D eigenvalue weighted by Gasteiger charge is 2.30. The SMILES string of the molecule is CN1CCCCC1CN1CC(=O)NC1=O. The quantitative estimate of drug-likeness (QED) is 0.655. The Morgan fingerprint density at radius 1 is 1.40 bits per heavy atom. The van der Waals surface area contributed by atoms with Gasteiger partial charge < -0.3 is 9.80 Å². The first-order chi connectivity index (χ1) is 7.16. The van der Waals surface area contributed by atoms with Crippen LogP contribution in [0.1, 0.15) is 19.3 Å². The molecule has 5 nitrogen and oxygen atoms in total. The van der Waals surface area contributed by atoms with Gasteiger partial charge in [0.05, 0.1) is 0 Å². The standard InChI is InChI=1S/C10H17N3O2/c1-12-5-3-2-4-8(12)6-13-7-9(14)11-10(13)15/h8H,2-7H2,1H3,(H,11,14,15). The monoisotopic (exact) mass is 211 g/mol. The summed E-state index contributed by atoms with van der Waals surface area (Å²) in [6.07, 6.45) is 3.57. The van der Waals surface area contributed by atoms with E-state index in [9.17, 15) is 9.59 Å². The zero-order valence-corrected chi connectivity index (χ0v) is 9.03. The van der Waals surface area contributed by atoms with Crippen LogP contribution in [0.4, 0.5) is 4.79 Å². The second-order valence-electron chi connectivity index (χ2n) is 4.36. The van der Waals surface area contributed by atoms with E-state index in [0.717, 1.165) is 13.0 Å². The molecule has 0 spiro atoms. The minimum atomic E-state index is -0.237. The first-order valence-electron chi connectivity index (χ1n) is 5.46. The van der Waals surface area contributed by atoms with Gasteiger partial charge in [0.1, 0.15) is 6.54 Å². The van der Waals surface area contributed by atoms with Crippen molar-refractivity contribution in [3.05, 3.63) is 0 Å². The van der Waals surface area contributed by atoms with Crippen molar-refractivity contribution in [3.63, 3.8) is 0 Å². The van der Waals surface area contributed by atoms with Crippen molar-refractivity contribution < 1.29 is 9.59 Å². The summed E-state index contributed by atoms with van der Waals surface area (Å²) in [7, 11) is 2.08. The zero-order valence-electron chi connectivity index (χ0n) is 9.03. The molecule has 2 fully saturated rings. The van der Waals surface area contributed by atoms with Gasteiger partial charge in [-0.25, -0.2) is 4.79 Å². The number of nitrogens with zero attached hydrogens (tertiary/aromatic N) is 2. The molecule has 2 rings (SSSR count). The number of nitrogens with one attached hydrogen (secondary N) is 1. The largest absolute Gasteiger partial charge is 0.324 e. The molecule has 1 N–H and O–H groups in total. The van der Waals surface area contributed by atoms with Gasteiger partial charge >= 0.3 is 6.03 Å². The van der Waals surface area contributed by atoms with Crippen molar-refractivity contribution in [1.29, 1.82) is 0 Å². The van der Waals surface area contributed by atoms with Gasteiger partial charge in [0.2, 0.25) is 5.91 Å². The molecule has 0 bridgehead atoms. The van der Waals surface area contributed by atoms with Gasteiger partial charge in [-0.1, -0.05) is 6.42 Å². The average Bonchev–Trinajstić information content (AvgIpc) is 2.49. The van der Waals surface area contributed by atoms with E-state index in [1.54, 1.807) is 4.90 Å². The number of likely N-dealkylation sites (N-methyl/N-ethyl adjacent to an activating group) is 1. The fourth-order valence-electron chi connectivity index (χ4n) is 2.26. The average molecular weight is 211 g/mol. The van der Waals surface area contributed by atoms with Crippen LogP contribution in [0.3, 0.4) is 0 Å². The topological polar surface area (TPSA) is 52.6 Å². The minimum Gasteiger partial charge on any atom is -0.314 e. The summed E-state index contributed by atoms with van der Waals surface area (Å²) in [6, 6.07) is 0.175. The molecule has 2 saturated heterocycles. The van der Waals surface area contributed by atoms with Crippen LogP contribution in [-0.2, 0) is 4.79 Å². The molecule has 0 aromatic rings. The van der Waals surface area contributed by atoms with Crippen LogP contribution in [-0.4, -0.2) is 54.5 Å². The molecule has 2 aliphatic heterocycles. The number of piperidine rings is 1. The predicted octanol–water partition coefficient (Wildman–Crippen LogP) is 0.0225. The Morgan fingerprint density at radius 2 is 2.20 bits per heavy atom. The van der Waals surface area contributed by atoms with Crippen molar-refractivity contribution in [2.45, 2.75) is 25.3 Å². The maximum absolute atomic E-state index is 11.3. The predicted molar refractivity (Wildman–Crippen MR) is 55.4 cm³/mol. The molecule has 0 saturated carbocycles. The number of likely N-dealkylation sites (tertiary alicyclic amines) is 1. The highest BCUT2D eigenvalue weighted by molar-refractivity contribution is 6.01. The van der Waals surface area contributed by atoms with Gasteiger partial charge in [-0.05, 0) is 26.4 Å². The van der Waals surface area contributed by atoms with Crippen LogP contribution in [0, 0.1) is 0 Å². The van der Waals surface area contributed by atoms with Gasteiger partial charge in [-0.15, -0.1) is 0 Å². The third kappa shape index (κ3) is 2.28. The van der Waals surface area contributed by atoms with Crippen LogP contribution >= 0.6 is 0 Å². The van der Waals surface area contributed by atoms with E-state index in [0.29, 0.717) is 12.6 Å². The van der Waals surface area contributed by atoms with Crippen LogP contribution in [0.15, 0.2) is 0 Å². The Morgan fingerprint density at radius 3 is 2.80 bits per heavy atom. The van der Waals surface area contributed by atoms with E-state index in [1.165, 1.54) is 12.8 Å². The van der Waals surface area contributed by atoms with E-state index < -0.39 is 0 Å². The summed E-state index contributed by atoms with van der Waals surface area (Å²) in [5, 5.41) is 2.30.